The van der Waals surface area contributed by atoms with Crippen LogP contribution in [0.1, 0.15) is 10.5 Å². The number of carbonyl (C=O) groups is 1. The van der Waals surface area contributed by atoms with Crippen LogP contribution < -0.4 is 5.32 Å². The summed E-state index contributed by atoms with van der Waals surface area (Å²) >= 11 is 1.06. The number of carbonyl (C=O) groups excluding carboxylic acids is 1. The van der Waals surface area contributed by atoms with E-state index in [0.717, 1.165) is 23.5 Å². The molecule has 8 heteroatoms. The Hall–Kier alpha value is -3.26. The van der Waals surface area contributed by atoms with Crippen LogP contribution >= 0.6 is 11.3 Å². The molecule has 0 aliphatic rings. The van der Waals surface area contributed by atoms with E-state index in [1.807, 2.05) is 6.07 Å². The minimum Gasteiger partial charge on any atom is -0.296 e. The summed E-state index contributed by atoms with van der Waals surface area (Å²) in [6.07, 6.45) is 1.36. The zero-order chi connectivity index (χ0) is 18.1. The lowest BCUT2D eigenvalue weighted by Gasteiger charge is -2.03. The van der Waals surface area contributed by atoms with Crippen molar-refractivity contribution in [1.82, 2.24) is 15.0 Å². The first kappa shape index (κ1) is 16.2. The van der Waals surface area contributed by atoms with Crippen molar-refractivity contribution >= 4 is 33.4 Å². The topological polar surface area (TPSA) is 67.8 Å². The molecule has 2 aromatic heterocycles. The Balaban J connectivity index is 1.59. The van der Waals surface area contributed by atoms with Gasteiger partial charge in [-0.25, -0.2) is 18.7 Å². The standard InChI is InChI=1S/C18H10F2N4OS/c19-10-4-3-5-11(20)16(10)15-9-26-18(23-15)24-17(25)14-8-21-12-6-1-2-7-13(12)22-14/h1-9H,(H,23,24,25). The maximum Gasteiger partial charge on any atom is 0.277 e. The maximum absolute atomic E-state index is 13.8. The fourth-order valence-corrected chi connectivity index (χ4v) is 3.11. The summed E-state index contributed by atoms with van der Waals surface area (Å²) in [5.74, 6) is -1.93. The number of hydrogen-bond donors (Lipinski definition) is 1. The number of thiazole rings is 1. The highest BCUT2D eigenvalue weighted by Crippen LogP contribution is 2.29. The molecule has 4 rings (SSSR count). The highest BCUT2D eigenvalue weighted by molar-refractivity contribution is 7.14. The van der Waals surface area contributed by atoms with Crippen LogP contribution in [0.2, 0.25) is 0 Å². The van der Waals surface area contributed by atoms with E-state index in [9.17, 15) is 13.6 Å². The van der Waals surface area contributed by atoms with E-state index in [2.05, 4.69) is 20.3 Å². The van der Waals surface area contributed by atoms with Crippen molar-refractivity contribution in [3.8, 4) is 11.3 Å². The predicted octanol–water partition coefficient (Wildman–Crippen LogP) is 4.28. The van der Waals surface area contributed by atoms with E-state index < -0.39 is 17.5 Å². The van der Waals surface area contributed by atoms with E-state index >= 15 is 0 Å². The second-order valence-corrected chi connectivity index (χ2v) is 6.19. The fraction of sp³-hybridized carbons (Fsp3) is 0. The molecule has 1 amide bonds. The van der Waals surface area contributed by atoms with Crippen molar-refractivity contribution < 1.29 is 13.6 Å². The first-order valence-electron chi connectivity index (χ1n) is 7.55. The zero-order valence-corrected chi connectivity index (χ0v) is 13.9. The van der Waals surface area contributed by atoms with Crippen LogP contribution in [-0.4, -0.2) is 20.9 Å². The molecule has 0 spiro atoms. The molecule has 4 aromatic rings. The number of nitrogens with zero attached hydrogens (tertiary/aromatic N) is 3. The van der Waals surface area contributed by atoms with Gasteiger partial charge >= 0.3 is 0 Å². The highest BCUT2D eigenvalue weighted by Gasteiger charge is 2.16. The van der Waals surface area contributed by atoms with Gasteiger partial charge in [-0.1, -0.05) is 18.2 Å². The second kappa shape index (κ2) is 6.57. The average molecular weight is 368 g/mol. The van der Waals surface area contributed by atoms with E-state index in [0.29, 0.717) is 11.0 Å². The Morgan fingerprint density at radius 3 is 2.46 bits per heavy atom. The minimum atomic E-state index is -0.714. The van der Waals surface area contributed by atoms with Gasteiger partial charge in [-0.05, 0) is 24.3 Å². The molecule has 2 aromatic carbocycles. The lowest BCUT2D eigenvalue weighted by molar-refractivity contribution is 0.102. The van der Waals surface area contributed by atoms with Crippen molar-refractivity contribution in [2.75, 3.05) is 5.32 Å². The maximum atomic E-state index is 13.8. The summed E-state index contributed by atoms with van der Waals surface area (Å²) in [6.45, 7) is 0. The van der Waals surface area contributed by atoms with E-state index in [-0.39, 0.29) is 22.1 Å². The van der Waals surface area contributed by atoms with Crippen LogP contribution in [0.4, 0.5) is 13.9 Å². The predicted molar refractivity (Wildman–Crippen MR) is 95.0 cm³/mol. The molecule has 0 aliphatic heterocycles. The summed E-state index contributed by atoms with van der Waals surface area (Å²) in [4.78, 5) is 24.9. The Morgan fingerprint density at radius 2 is 1.69 bits per heavy atom. The molecular weight excluding hydrogens is 358 g/mol. The van der Waals surface area contributed by atoms with Gasteiger partial charge in [0.2, 0.25) is 0 Å². The number of para-hydroxylation sites is 2. The van der Waals surface area contributed by atoms with Crippen LogP contribution in [0.25, 0.3) is 22.3 Å². The fourth-order valence-electron chi connectivity index (χ4n) is 2.42. The van der Waals surface area contributed by atoms with Gasteiger partial charge in [-0.15, -0.1) is 11.3 Å². The van der Waals surface area contributed by atoms with Crippen LogP contribution in [0, 0.1) is 11.6 Å². The largest absolute Gasteiger partial charge is 0.296 e. The number of aromatic nitrogens is 3. The molecule has 1 N–H and O–H groups in total. The van der Waals surface area contributed by atoms with Gasteiger partial charge < -0.3 is 0 Å². The molecule has 5 nitrogen and oxygen atoms in total. The third kappa shape index (κ3) is 3.02. The van der Waals surface area contributed by atoms with Crippen molar-refractivity contribution in [2.45, 2.75) is 0 Å². The molecule has 0 radical (unpaired) electrons. The highest BCUT2D eigenvalue weighted by atomic mass is 32.1. The van der Waals surface area contributed by atoms with Gasteiger partial charge in [-0.3, -0.25) is 15.1 Å². The number of hydrogen-bond acceptors (Lipinski definition) is 5. The molecule has 128 valence electrons. The van der Waals surface area contributed by atoms with Gasteiger partial charge in [0.25, 0.3) is 5.91 Å². The Kier molecular flexibility index (Phi) is 4.10. The number of nitrogens with one attached hydrogen (secondary N) is 1. The Labute approximate surface area is 150 Å². The molecule has 0 aliphatic carbocycles. The van der Waals surface area contributed by atoms with Crippen LogP contribution in [-0.2, 0) is 0 Å². The average Bonchev–Trinajstić information content (AvgIpc) is 3.09. The minimum absolute atomic E-state index is 0.116. The number of rotatable bonds is 3. The quantitative estimate of drug-likeness (QED) is 0.586. The van der Waals surface area contributed by atoms with E-state index in [1.165, 1.54) is 17.6 Å². The summed E-state index contributed by atoms with van der Waals surface area (Å²) in [7, 11) is 0. The number of benzene rings is 2. The van der Waals surface area contributed by atoms with E-state index in [4.69, 9.17) is 0 Å². The SMILES string of the molecule is O=C(Nc1nc(-c2c(F)cccc2F)cs1)c1cnc2ccccc2n1. The third-order valence-corrected chi connectivity index (χ3v) is 4.38. The summed E-state index contributed by atoms with van der Waals surface area (Å²) in [5.41, 5.74) is 1.28. The number of anilines is 1. The molecule has 0 saturated heterocycles. The Morgan fingerprint density at radius 1 is 0.962 bits per heavy atom. The molecular formula is C18H10F2N4OS. The van der Waals surface area contributed by atoms with Gasteiger partial charge in [0.05, 0.1) is 28.5 Å². The first-order chi connectivity index (χ1) is 12.6. The number of amides is 1. The van der Waals surface area contributed by atoms with Crippen molar-refractivity contribution in [3.63, 3.8) is 0 Å². The van der Waals surface area contributed by atoms with Crippen LogP contribution in [0.15, 0.2) is 54.0 Å². The van der Waals surface area contributed by atoms with E-state index in [1.54, 1.807) is 18.2 Å². The molecule has 0 unspecified atom stereocenters. The number of halogens is 2. The van der Waals surface area contributed by atoms with Crippen LogP contribution in [0.3, 0.4) is 0 Å². The van der Waals surface area contributed by atoms with Crippen molar-refractivity contribution in [1.29, 1.82) is 0 Å². The molecule has 0 saturated carbocycles. The normalized spacial score (nSPS) is 10.8. The Bertz CT molecular complexity index is 1110. The van der Waals surface area contributed by atoms with Gasteiger partial charge in [0.1, 0.15) is 17.3 Å². The zero-order valence-electron chi connectivity index (χ0n) is 13.1. The van der Waals surface area contributed by atoms with Gasteiger partial charge in [-0.2, -0.15) is 0 Å². The van der Waals surface area contributed by atoms with Crippen molar-refractivity contribution in [3.05, 3.63) is 71.4 Å². The van der Waals surface area contributed by atoms with Gasteiger partial charge in [0.15, 0.2) is 5.13 Å². The molecule has 26 heavy (non-hydrogen) atoms. The molecule has 0 fully saturated rings. The van der Waals surface area contributed by atoms with Crippen molar-refractivity contribution in [2.24, 2.45) is 0 Å². The smallest absolute Gasteiger partial charge is 0.277 e. The first-order valence-corrected chi connectivity index (χ1v) is 8.43. The monoisotopic (exact) mass is 368 g/mol. The lowest BCUT2D eigenvalue weighted by atomic mass is 10.1. The molecule has 0 atom stereocenters. The second-order valence-electron chi connectivity index (χ2n) is 5.33. The summed E-state index contributed by atoms with van der Waals surface area (Å²) < 4.78 is 27.7. The third-order valence-electron chi connectivity index (χ3n) is 3.62. The number of fused-ring (bicyclic) bond motifs is 1. The summed E-state index contributed by atoms with van der Waals surface area (Å²) in [6, 6.07) is 10.8. The molecule has 0 bridgehead atoms. The summed E-state index contributed by atoms with van der Waals surface area (Å²) in [5, 5.41) is 4.26. The van der Waals surface area contributed by atoms with Crippen LogP contribution in [0.5, 0.6) is 0 Å². The lowest BCUT2D eigenvalue weighted by Crippen LogP contribution is -2.14. The van der Waals surface area contributed by atoms with Gasteiger partial charge in [0, 0.05) is 5.38 Å². The molecule has 2 heterocycles.